The molecule has 0 aromatic carbocycles. The van der Waals surface area contributed by atoms with Crippen molar-refractivity contribution in [1.82, 2.24) is 19.2 Å². The van der Waals surface area contributed by atoms with Crippen molar-refractivity contribution in [1.29, 1.82) is 0 Å². The van der Waals surface area contributed by atoms with Gasteiger partial charge >= 0.3 is 0 Å². The molecule has 0 spiro atoms. The molecule has 0 bridgehead atoms. The van der Waals surface area contributed by atoms with E-state index in [1.807, 2.05) is 11.5 Å². The number of fused-ring (bicyclic) bond motifs is 1. The van der Waals surface area contributed by atoms with Gasteiger partial charge in [0.1, 0.15) is 5.82 Å². The Labute approximate surface area is 119 Å². The fourth-order valence-electron chi connectivity index (χ4n) is 2.68. The molecule has 8 heteroatoms. The first-order valence-electron chi connectivity index (χ1n) is 6.37. The van der Waals surface area contributed by atoms with Gasteiger partial charge in [0.2, 0.25) is 0 Å². The second-order valence-electron chi connectivity index (χ2n) is 4.99. The lowest BCUT2D eigenvalue weighted by Crippen LogP contribution is -2.51. The summed E-state index contributed by atoms with van der Waals surface area (Å²) < 4.78 is 28.6. The van der Waals surface area contributed by atoms with Crippen molar-refractivity contribution in [3.05, 3.63) is 12.0 Å². The van der Waals surface area contributed by atoms with E-state index in [1.54, 1.807) is 4.31 Å². The highest BCUT2D eigenvalue weighted by Crippen LogP contribution is 2.23. The summed E-state index contributed by atoms with van der Waals surface area (Å²) in [6.45, 7) is 4.55. The second-order valence-corrected chi connectivity index (χ2v) is 6.87. The highest BCUT2D eigenvalue weighted by atomic mass is 35.5. The van der Waals surface area contributed by atoms with Gasteiger partial charge in [-0.2, -0.15) is 4.31 Å². The van der Waals surface area contributed by atoms with Crippen LogP contribution in [0.4, 0.5) is 0 Å². The van der Waals surface area contributed by atoms with E-state index in [9.17, 15) is 8.42 Å². The number of hydrogen-bond acceptors (Lipinski definition) is 4. The summed E-state index contributed by atoms with van der Waals surface area (Å²) in [5.74, 6) is 0.900. The number of aromatic nitrogens is 2. The maximum absolute atomic E-state index is 12.6. The zero-order valence-corrected chi connectivity index (χ0v) is 12.5. The minimum absolute atomic E-state index is 0. The predicted molar refractivity (Wildman–Crippen MR) is 74.0 cm³/mol. The van der Waals surface area contributed by atoms with E-state index in [2.05, 4.69) is 10.3 Å². The first kappa shape index (κ1) is 14.8. The van der Waals surface area contributed by atoms with E-state index in [0.29, 0.717) is 24.7 Å². The molecule has 0 radical (unpaired) electrons. The van der Waals surface area contributed by atoms with Crippen LogP contribution in [-0.2, 0) is 23.0 Å². The van der Waals surface area contributed by atoms with Crippen molar-refractivity contribution in [2.75, 3.05) is 19.6 Å². The Morgan fingerprint density at radius 3 is 2.95 bits per heavy atom. The number of hydrogen-bond donors (Lipinski definition) is 1. The highest BCUT2D eigenvalue weighted by molar-refractivity contribution is 7.89. The topological polar surface area (TPSA) is 67.2 Å². The van der Waals surface area contributed by atoms with Crippen molar-refractivity contribution in [2.24, 2.45) is 0 Å². The number of sulfonamides is 1. The van der Waals surface area contributed by atoms with Crippen LogP contribution < -0.4 is 5.32 Å². The number of nitrogens with zero attached hydrogens (tertiary/aromatic N) is 3. The Hall–Kier alpha value is -0.630. The van der Waals surface area contributed by atoms with Crippen LogP contribution in [-0.4, -0.2) is 48.0 Å². The third-order valence-electron chi connectivity index (χ3n) is 3.62. The Kier molecular flexibility index (Phi) is 4.20. The van der Waals surface area contributed by atoms with Gasteiger partial charge in [0.15, 0.2) is 5.03 Å². The van der Waals surface area contributed by atoms with Crippen LogP contribution in [0, 0.1) is 0 Å². The third-order valence-corrected chi connectivity index (χ3v) is 5.49. The molecule has 2 aliphatic rings. The van der Waals surface area contributed by atoms with Crippen molar-refractivity contribution >= 4 is 22.4 Å². The van der Waals surface area contributed by atoms with Gasteiger partial charge in [-0.3, -0.25) is 0 Å². The second kappa shape index (κ2) is 5.40. The van der Waals surface area contributed by atoms with E-state index in [1.165, 1.54) is 6.20 Å². The maximum atomic E-state index is 12.6. The minimum atomic E-state index is -3.38. The number of halogens is 1. The van der Waals surface area contributed by atoms with Crippen LogP contribution in [0.3, 0.4) is 0 Å². The van der Waals surface area contributed by atoms with Crippen molar-refractivity contribution in [2.45, 2.75) is 37.4 Å². The van der Waals surface area contributed by atoms with Gasteiger partial charge in [-0.05, 0) is 13.3 Å². The highest BCUT2D eigenvalue weighted by Gasteiger charge is 2.32. The molecule has 19 heavy (non-hydrogen) atoms. The maximum Gasteiger partial charge on any atom is 0.260 e. The molecule has 1 atom stereocenters. The molecular formula is C11H19ClN4O2S. The van der Waals surface area contributed by atoms with Crippen molar-refractivity contribution in [3.63, 3.8) is 0 Å². The van der Waals surface area contributed by atoms with Crippen LogP contribution in [0.5, 0.6) is 0 Å². The SMILES string of the molecule is CC1CN(S(=O)(=O)c2cnc3n2CCC3)CCN1.Cl. The normalized spacial score (nSPS) is 23.9. The molecule has 0 saturated carbocycles. The molecule has 6 nitrogen and oxygen atoms in total. The van der Waals surface area contributed by atoms with Gasteiger partial charge in [-0.25, -0.2) is 13.4 Å². The van der Waals surface area contributed by atoms with Gasteiger partial charge in [0, 0.05) is 38.6 Å². The summed E-state index contributed by atoms with van der Waals surface area (Å²) in [6.07, 6.45) is 3.38. The molecule has 1 unspecified atom stereocenters. The van der Waals surface area contributed by atoms with Crippen LogP contribution >= 0.6 is 12.4 Å². The largest absolute Gasteiger partial charge is 0.318 e. The average Bonchev–Trinajstić information content (AvgIpc) is 2.90. The van der Waals surface area contributed by atoms with Crippen molar-refractivity contribution in [3.8, 4) is 0 Å². The lowest BCUT2D eigenvalue weighted by Gasteiger charge is -2.30. The molecule has 108 valence electrons. The van der Waals surface area contributed by atoms with Gasteiger partial charge in [0.25, 0.3) is 10.0 Å². The summed E-state index contributed by atoms with van der Waals surface area (Å²) in [6, 6.07) is 0.203. The first-order chi connectivity index (χ1) is 8.59. The monoisotopic (exact) mass is 306 g/mol. The number of piperazine rings is 1. The summed E-state index contributed by atoms with van der Waals surface area (Å²) in [4.78, 5) is 4.22. The number of rotatable bonds is 2. The summed E-state index contributed by atoms with van der Waals surface area (Å²) in [5, 5.41) is 3.62. The van der Waals surface area contributed by atoms with Crippen molar-refractivity contribution < 1.29 is 8.42 Å². The fraction of sp³-hybridized carbons (Fsp3) is 0.727. The fourth-order valence-corrected chi connectivity index (χ4v) is 4.36. The van der Waals surface area contributed by atoms with E-state index in [4.69, 9.17) is 0 Å². The van der Waals surface area contributed by atoms with Gasteiger partial charge in [0.05, 0.1) is 6.20 Å². The molecule has 1 aromatic rings. The standard InChI is InChI=1S/C11H18N4O2S.ClH/c1-9-8-14(6-4-12-9)18(16,17)11-7-13-10-3-2-5-15(10)11;/h7,9,12H,2-6,8H2,1H3;1H. The zero-order chi connectivity index (χ0) is 12.8. The van der Waals surface area contributed by atoms with Crippen LogP contribution in [0.15, 0.2) is 11.2 Å². The average molecular weight is 307 g/mol. The number of imidazole rings is 1. The smallest absolute Gasteiger partial charge is 0.260 e. The molecule has 1 fully saturated rings. The molecule has 3 heterocycles. The third kappa shape index (κ3) is 2.52. The van der Waals surface area contributed by atoms with Crippen LogP contribution in [0.25, 0.3) is 0 Å². The molecular weight excluding hydrogens is 288 g/mol. The number of nitrogens with one attached hydrogen (secondary N) is 1. The molecule has 0 aliphatic carbocycles. The van der Waals surface area contributed by atoms with E-state index >= 15 is 0 Å². The van der Waals surface area contributed by atoms with E-state index in [-0.39, 0.29) is 18.4 Å². The minimum Gasteiger partial charge on any atom is -0.318 e. The Bertz CT molecular complexity index is 557. The van der Waals surface area contributed by atoms with Gasteiger partial charge < -0.3 is 9.88 Å². The van der Waals surface area contributed by atoms with Crippen LogP contribution in [0.1, 0.15) is 19.2 Å². The Balaban J connectivity index is 0.00000133. The summed E-state index contributed by atoms with van der Waals surface area (Å²) in [5.41, 5.74) is 0. The number of aryl methyl sites for hydroxylation is 1. The quantitative estimate of drug-likeness (QED) is 0.849. The van der Waals surface area contributed by atoms with Gasteiger partial charge in [-0.15, -0.1) is 12.4 Å². The Morgan fingerprint density at radius 1 is 1.42 bits per heavy atom. The molecule has 2 aliphatic heterocycles. The summed E-state index contributed by atoms with van der Waals surface area (Å²) in [7, 11) is -3.38. The lowest BCUT2D eigenvalue weighted by atomic mass is 10.3. The predicted octanol–water partition coefficient (Wildman–Crippen LogP) is 0.233. The van der Waals surface area contributed by atoms with Crippen LogP contribution in [0.2, 0.25) is 0 Å². The Morgan fingerprint density at radius 2 is 2.21 bits per heavy atom. The lowest BCUT2D eigenvalue weighted by molar-refractivity contribution is 0.308. The van der Waals surface area contributed by atoms with E-state index in [0.717, 1.165) is 25.2 Å². The molecule has 1 aromatic heterocycles. The summed E-state index contributed by atoms with van der Waals surface area (Å²) >= 11 is 0. The van der Waals surface area contributed by atoms with E-state index < -0.39 is 10.0 Å². The molecule has 1 N–H and O–H groups in total. The molecule has 3 rings (SSSR count). The molecule has 1 saturated heterocycles. The first-order valence-corrected chi connectivity index (χ1v) is 7.81. The zero-order valence-electron chi connectivity index (χ0n) is 10.9. The van der Waals surface area contributed by atoms with Gasteiger partial charge in [-0.1, -0.05) is 0 Å². The molecule has 0 amide bonds.